The molecule has 0 fully saturated rings. The summed E-state index contributed by atoms with van der Waals surface area (Å²) >= 11 is 0. The van der Waals surface area contributed by atoms with E-state index in [1.54, 1.807) is 0 Å². The third-order valence-electron chi connectivity index (χ3n) is 13.0. The molecule has 0 aliphatic heterocycles. The Morgan fingerprint density at radius 3 is 1.21 bits per heavy atom. The molecule has 0 saturated heterocycles. The smallest absolute Gasteiger partial charge is 0.145 e. The second-order valence-corrected chi connectivity index (χ2v) is 16.8. The summed E-state index contributed by atoms with van der Waals surface area (Å²) in [6.07, 6.45) is 0. The summed E-state index contributed by atoms with van der Waals surface area (Å²) in [7, 11) is 0. The summed E-state index contributed by atoms with van der Waals surface area (Å²) < 4.78 is 7.04. The number of para-hydroxylation sites is 7. The molecular formula is C61H41N5. The standard InChI is InChI=1S/C61H41N5/c1-4-16-45(17-5-1)63(46-18-6-2-7-19-46)48-34-36-50(37-35-48)65-57-26-14-11-23-52(57)54-41-44(31-39-59(54)65)43-30-38-58-53(40-43)51-22-10-13-25-56(51)64(58)49-32-28-42(29-33-49)61-62-55-24-12-15-27-60(55)66(61)47-20-8-3-9-21-47/h1-41H. The van der Waals surface area contributed by atoms with E-state index >= 15 is 0 Å². The molecule has 66 heavy (non-hydrogen) atoms. The van der Waals surface area contributed by atoms with Crippen LogP contribution in [0.3, 0.4) is 0 Å². The molecule has 0 radical (unpaired) electrons. The summed E-state index contributed by atoms with van der Waals surface area (Å²) in [5.74, 6) is 0.924. The van der Waals surface area contributed by atoms with Crippen LogP contribution in [0.1, 0.15) is 0 Å². The van der Waals surface area contributed by atoms with Gasteiger partial charge in [0.25, 0.3) is 0 Å². The minimum Gasteiger partial charge on any atom is -0.311 e. The Bertz CT molecular complexity index is 3860. The van der Waals surface area contributed by atoms with Gasteiger partial charge in [-0.15, -0.1) is 0 Å². The van der Waals surface area contributed by atoms with Crippen LogP contribution in [0.2, 0.25) is 0 Å². The summed E-state index contributed by atoms with van der Waals surface area (Å²) in [6, 6.07) is 89.2. The molecule has 10 aromatic carbocycles. The summed E-state index contributed by atoms with van der Waals surface area (Å²) in [5.41, 5.74) is 16.9. The maximum Gasteiger partial charge on any atom is 0.145 e. The number of hydrogen-bond donors (Lipinski definition) is 0. The fraction of sp³-hybridized carbons (Fsp3) is 0. The number of benzene rings is 10. The van der Waals surface area contributed by atoms with Crippen molar-refractivity contribution in [2.75, 3.05) is 4.90 Å². The van der Waals surface area contributed by atoms with Gasteiger partial charge in [-0.3, -0.25) is 4.57 Å². The number of aromatic nitrogens is 4. The Balaban J connectivity index is 0.878. The molecule has 0 spiro atoms. The molecule has 0 saturated carbocycles. The van der Waals surface area contributed by atoms with Crippen LogP contribution in [0.5, 0.6) is 0 Å². The van der Waals surface area contributed by atoms with Crippen LogP contribution in [-0.2, 0) is 0 Å². The van der Waals surface area contributed by atoms with E-state index in [2.05, 4.69) is 267 Å². The Hall–Kier alpha value is -8.93. The highest BCUT2D eigenvalue weighted by atomic mass is 15.1. The van der Waals surface area contributed by atoms with E-state index in [1.165, 1.54) is 54.7 Å². The molecule has 0 aliphatic rings. The Morgan fingerprint density at radius 1 is 0.273 bits per heavy atom. The van der Waals surface area contributed by atoms with Crippen LogP contribution in [0.4, 0.5) is 17.1 Å². The van der Waals surface area contributed by atoms with Crippen LogP contribution >= 0.6 is 0 Å². The van der Waals surface area contributed by atoms with E-state index in [9.17, 15) is 0 Å². The van der Waals surface area contributed by atoms with Gasteiger partial charge in [0.05, 0.1) is 33.1 Å². The van der Waals surface area contributed by atoms with Gasteiger partial charge in [-0.2, -0.15) is 0 Å². The summed E-state index contributed by atoms with van der Waals surface area (Å²) in [6.45, 7) is 0. The van der Waals surface area contributed by atoms with Gasteiger partial charge in [-0.1, -0.05) is 115 Å². The van der Waals surface area contributed by atoms with Crippen LogP contribution in [-0.4, -0.2) is 18.7 Å². The third-order valence-corrected chi connectivity index (χ3v) is 13.0. The van der Waals surface area contributed by atoms with Gasteiger partial charge in [-0.05, 0) is 145 Å². The Labute approximate surface area is 381 Å². The third kappa shape index (κ3) is 6.13. The van der Waals surface area contributed by atoms with Gasteiger partial charge in [-0.25, -0.2) is 4.98 Å². The number of imidazole rings is 1. The molecule has 3 heterocycles. The van der Waals surface area contributed by atoms with E-state index in [0.717, 1.165) is 56.5 Å². The van der Waals surface area contributed by atoms with Gasteiger partial charge in [0.2, 0.25) is 0 Å². The van der Waals surface area contributed by atoms with Crippen molar-refractivity contribution in [3.8, 4) is 39.6 Å². The van der Waals surface area contributed by atoms with E-state index in [-0.39, 0.29) is 0 Å². The normalized spacial score (nSPS) is 11.6. The molecule has 0 N–H and O–H groups in total. The molecule has 13 aromatic rings. The van der Waals surface area contributed by atoms with Crippen LogP contribution in [0.25, 0.3) is 94.2 Å². The highest BCUT2D eigenvalue weighted by Gasteiger charge is 2.19. The van der Waals surface area contributed by atoms with Crippen molar-refractivity contribution in [1.82, 2.24) is 18.7 Å². The summed E-state index contributed by atoms with van der Waals surface area (Å²) in [4.78, 5) is 7.43. The van der Waals surface area contributed by atoms with E-state index in [0.29, 0.717) is 0 Å². The zero-order valence-electron chi connectivity index (χ0n) is 35.9. The summed E-state index contributed by atoms with van der Waals surface area (Å²) in [5, 5.41) is 4.91. The number of anilines is 3. The molecule has 3 aromatic heterocycles. The van der Waals surface area contributed by atoms with Crippen molar-refractivity contribution in [3.63, 3.8) is 0 Å². The first-order valence-electron chi connectivity index (χ1n) is 22.5. The molecule has 0 bridgehead atoms. The van der Waals surface area contributed by atoms with Crippen LogP contribution < -0.4 is 4.90 Å². The monoisotopic (exact) mass is 843 g/mol. The molecule has 0 atom stereocenters. The molecule has 310 valence electrons. The quantitative estimate of drug-likeness (QED) is 0.153. The first-order valence-corrected chi connectivity index (χ1v) is 22.5. The van der Waals surface area contributed by atoms with Crippen molar-refractivity contribution in [1.29, 1.82) is 0 Å². The molecule has 5 heteroatoms. The van der Waals surface area contributed by atoms with E-state index in [1.807, 2.05) is 0 Å². The lowest BCUT2D eigenvalue weighted by Crippen LogP contribution is -2.09. The van der Waals surface area contributed by atoms with Gasteiger partial charge < -0.3 is 14.0 Å². The highest BCUT2D eigenvalue weighted by molar-refractivity contribution is 6.12. The van der Waals surface area contributed by atoms with Gasteiger partial charge in [0, 0.05) is 61.2 Å². The van der Waals surface area contributed by atoms with Crippen LogP contribution in [0, 0.1) is 0 Å². The van der Waals surface area contributed by atoms with Crippen molar-refractivity contribution in [2.45, 2.75) is 0 Å². The molecule has 0 unspecified atom stereocenters. The molecule has 13 rings (SSSR count). The zero-order valence-corrected chi connectivity index (χ0v) is 35.9. The zero-order chi connectivity index (χ0) is 43.6. The van der Waals surface area contributed by atoms with Gasteiger partial charge in [0.15, 0.2) is 0 Å². The van der Waals surface area contributed by atoms with Crippen molar-refractivity contribution >= 4 is 71.7 Å². The topological polar surface area (TPSA) is 30.9 Å². The SMILES string of the molecule is c1ccc(N(c2ccccc2)c2ccc(-n3c4ccccc4c4cc(-c5ccc6c(c5)c5ccccc5n6-c5ccc(-c6nc7ccccc7n6-c6ccccc6)cc5)ccc43)cc2)cc1. The fourth-order valence-electron chi connectivity index (χ4n) is 10.0. The lowest BCUT2D eigenvalue weighted by molar-refractivity contribution is 1.10. The first kappa shape index (κ1) is 37.6. The minimum absolute atomic E-state index is 0.924. The van der Waals surface area contributed by atoms with E-state index < -0.39 is 0 Å². The number of hydrogen-bond acceptors (Lipinski definition) is 2. The second kappa shape index (κ2) is 15.4. The number of fused-ring (bicyclic) bond motifs is 7. The fourth-order valence-corrected chi connectivity index (χ4v) is 10.0. The predicted octanol–water partition coefficient (Wildman–Crippen LogP) is 16.0. The second-order valence-electron chi connectivity index (χ2n) is 16.8. The molecule has 5 nitrogen and oxygen atoms in total. The Kier molecular flexibility index (Phi) is 8.78. The Morgan fingerprint density at radius 2 is 0.667 bits per heavy atom. The maximum absolute atomic E-state index is 5.12. The van der Waals surface area contributed by atoms with Gasteiger partial charge in [0.1, 0.15) is 5.82 Å². The van der Waals surface area contributed by atoms with E-state index in [4.69, 9.17) is 4.98 Å². The highest BCUT2D eigenvalue weighted by Crippen LogP contribution is 2.40. The van der Waals surface area contributed by atoms with Crippen molar-refractivity contribution < 1.29 is 0 Å². The lowest BCUT2D eigenvalue weighted by Gasteiger charge is -2.25. The van der Waals surface area contributed by atoms with Crippen LogP contribution in [0.15, 0.2) is 249 Å². The van der Waals surface area contributed by atoms with Crippen molar-refractivity contribution in [3.05, 3.63) is 249 Å². The first-order chi connectivity index (χ1) is 32.7. The van der Waals surface area contributed by atoms with Crippen molar-refractivity contribution in [2.24, 2.45) is 0 Å². The number of rotatable bonds is 8. The molecule has 0 aliphatic carbocycles. The molecule has 0 amide bonds. The average Bonchev–Trinajstić information content (AvgIpc) is 4.05. The number of nitrogens with zero attached hydrogens (tertiary/aromatic N) is 5. The molecular weight excluding hydrogens is 803 g/mol. The average molecular weight is 844 g/mol. The van der Waals surface area contributed by atoms with Gasteiger partial charge >= 0.3 is 0 Å². The largest absolute Gasteiger partial charge is 0.311 e. The maximum atomic E-state index is 5.12. The lowest BCUT2D eigenvalue weighted by atomic mass is 10.0. The predicted molar refractivity (Wildman–Crippen MR) is 275 cm³/mol. The minimum atomic E-state index is 0.924.